The Hall–Kier alpha value is -0.610. The summed E-state index contributed by atoms with van der Waals surface area (Å²) in [7, 11) is 1.36. The van der Waals surface area contributed by atoms with Gasteiger partial charge < -0.3 is 0 Å². The summed E-state index contributed by atoms with van der Waals surface area (Å²) >= 11 is 0. The molecule has 11 heavy (non-hydrogen) atoms. The third-order valence-electron chi connectivity index (χ3n) is 1.13. The van der Waals surface area contributed by atoms with Gasteiger partial charge in [-0.15, -0.1) is 0 Å². The minimum Gasteiger partial charge on any atom is -0.243 e. The molecule has 1 aromatic rings. The molecule has 0 N–H and O–H groups in total. The van der Waals surface area contributed by atoms with Crippen LogP contribution in [-0.2, 0) is 9.05 Å². The first-order chi connectivity index (χ1) is 5.00. The summed E-state index contributed by atoms with van der Waals surface area (Å²) < 4.78 is 21.3. The van der Waals surface area contributed by atoms with E-state index in [0.29, 0.717) is 0 Å². The van der Waals surface area contributed by atoms with Crippen molar-refractivity contribution in [1.29, 1.82) is 0 Å². The Morgan fingerprint density at radius 3 is 2.45 bits per heavy atom. The zero-order valence-electron chi connectivity index (χ0n) is 5.78. The number of pyridine rings is 1. The van der Waals surface area contributed by atoms with Gasteiger partial charge in [0.15, 0.2) is 5.03 Å². The van der Waals surface area contributed by atoms with Gasteiger partial charge in [0.1, 0.15) is 0 Å². The van der Waals surface area contributed by atoms with Gasteiger partial charge >= 0.3 is 0 Å². The first kappa shape index (κ1) is 8.49. The highest BCUT2D eigenvalue weighted by Crippen LogP contribution is 2.10. The molecule has 60 valence electrons. The van der Waals surface area contributed by atoms with Crippen LogP contribution in [0.1, 0.15) is 5.56 Å². The zero-order chi connectivity index (χ0) is 8.48. The smallest absolute Gasteiger partial charge is 0.243 e. The second-order valence-electron chi connectivity index (χ2n) is 2.11. The van der Waals surface area contributed by atoms with E-state index in [1.807, 2.05) is 6.92 Å². The van der Waals surface area contributed by atoms with E-state index in [4.69, 9.17) is 10.7 Å². The van der Waals surface area contributed by atoms with Crippen LogP contribution in [0, 0.1) is 6.92 Å². The second-order valence-corrected chi connectivity index (χ2v) is 4.62. The summed E-state index contributed by atoms with van der Waals surface area (Å²) in [5.74, 6) is 0. The molecule has 0 aliphatic carbocycles. The Balaban J connectivity index is 3.20. The van der Waals surface area contributed by atoms with E-state index < -0.39 is 9.05 Å². The van der Waals surface area contributed by atoms with E-state index in [-0.39, 0.29) is 5.03 Å². The zero-order valence-corrected chi connectivity index (χ0v) is 7.35. The maximum absolute atomic E-state index is 10.6. The van der Waals surface area contributed by atoms with Gasteiger partial charge in [-0.1, -0.05) is 6.07 Å². The Morgan fingerprint density at radius 2 is 2.09 bits per heavy atom. The van der Waals surface area contributed by atoms with Crippen LogP contribution in [0.4, 0.5) is 0 Å². The van der Waals surface area contributed by atoms with Crippen LogP contribution in [0.2, 0.25) is 0 Å². The average Bonchev–Trinajstić information content (AvgIpc) is 1.86. The van der Waals surface area contributed by atoms with Crippen molar-refractivity contribution in [3.63, 3.8) is 0 Å². The van der Waals surface area contributed by atoms with Crippen LogP contribution in [0.25, 0.3) is 0 Å². The molecule has 1 rings (SSSR count). The molecule has 3 nitrogen and oxygen atoms in total. The van der Waals surface area contributed by atoms with Crippen LogP contribution in [0.3, 0.4) is 0 Å². The highest BCUT2D eigenvalue weighted by atomic mass is 35.7. The van der Waals surface area contributed by atoms with Gasteiger partial charge in [-0.2, -0.15) is 0 Å². The lowest BCUT2D eigenvalue weighted by Gasteiger charge is -1.93. The number of aromatic nitrogens is 1. The molecular formula is C6H6ClNO2S. The van der Waals surface area contributed by atoms with Gasteiger partial charge in [-0.25, -0.2) is 13.4 Å². The summed E-state index contributed by atoms with van der Waals surface area (Å²) in [6.07, 6.45) is 1.45. The largest absolute Gasteiger partial charge is 0.278 e. The molecule has 0 atom stereocenters. The van der Waals surface area contributed by atoms with Gasteiger partial charge in [0.25, 0.3) is 9.05 Å². The second kappa shape index (κ2) is 2.79. The summed E-state index contributed by atoms with van der Waals surface area (Å²) in [5.41, 5.74) is 0.897. The molecule has 0 fully saturated rings. The Kier molecular flexibility index (Phi) is 2.15. The lowest BCUT2D eigenvalue weighted by molar-refractivity contribution is 0.606. The molecule has 0 aliphatic rings. The van der Waals surface area contributed by atoms with Gasteiger partial charge in [0, 0.05) is 16.9 Å². The predicted octanol–water partition coefficient (Wildman–Crippen LogP) is 1.32. The molecule has 0 bridgehead atoms. The lowest BCUT2D eigenvalue weighted by atomic mass is 10.3. The van der Waals surface area contributed by atoms with E-state index in [9.17, 15) is 8.42 Å². The number of halogens is 1. The van der Waals surface area contributed by atoms with Crippen LogP contribution in [-0.4, -0.2) is 13.4 Å². The molecule has 0 radical (unpaired) electrons. The summed E-state index contributed by atoms with van der Waals surface area (Å²) in [4.78, 5) is 3.63. The molecule has 0 saturated carbocycles. The van der Waals surface area contributed by atoms with Crippen molar-refractivity contribution in [1.82, 2.24) is 4.98 Å². The highest BCUT2D eigenvalue weighted by Gasteiger charge is 2.09. The molecule has 0 spiro atoms. The van der Waals surface area contributed by atoms with Gasteiger partial charge in [-0.3, -0.25) is 0 Å². The van der Waals surface area contributed by atoms with Crippen molar-refractivity contribution in [3.8, 4) is 0 Å². The summed E-state index contributed by atoms with van der Waals surface area (Å²) in [6.45, 7) is 1.82. The van der Waals surface area contributed by atoms with Crippen LogP contribution >= 0.6 is 10.7 Å². The van der Waals surface area contributed by atoms with Gasteiger partial charge in [0.05, 0.1) is 0 Å². The van der Waals surface area contributed by atoms with Crippen molar-refractivity contribution < 1.29 is 8.42 Å². The third-order valence-corrected chi connectivity index (χ3v) is 2.35. The van der Waals surface area contributed by atoms with Gasteiger partial charge in [-0.05, 0) is 18.6 Å². The lowest BCUT2D eigenvalue weighted by Crippen LogP contribution is -1.93. The normalized spacial score (nSPS) is 11.5. The predicted molar refractivity (Wildman–Crippen MR) is 42.0 cm³/mol. The van der Waals surface area contributed by atoms with Crippen molar-refractivity contribution in [2.45, 2.75) is 11.9 Å². The Labute approximate surface area is 69.4 Å². The standard InChI is InChI=1S/C6H6ClNO2S/c1-5-2-3-6(8-4-5)11(7,9)10/h2-4H,1H3. The molecule has 1 aromatic heterocycles. The summed E-state index contributed by atoms with van der Waals surface area (Å²) in [6, 6.07) is 3.01. The quantitative estimate of drug-likeness (QED) is 0.629. The fourth-order valence-electron chi connectivity index (χ4n) is 0.598. The Morgan fingerprint density at radius 1 is 1.45 bits per heavy atom. The average molecular weight is 192 g/mol. The van der Waals surface area contributed by atoms with Crippen LogP contribution < -0.4 is 0 Å². The van der Waals surface area contributed by atoms with Crippen LogP contribution in [0.15, 0.2) is 23.4 Å². The molecule has 0 saturated heterocycles. The third kappa shape index (κ3) is 2.17. The monoisotopic (exact) mass is 191 g/mol. The van der Waals surface area contributed by atoms with E-state index >= 15 is 0 Å². The molecule has 0 aliphatic heterocycles. The topological polar surface area (TPSA) is 47.0 Å². The Bertz CT molecular complexity index is 343. The van der Waals surface area contributed by atoms with E-state index in [2.05, 4.69) is 4.98 Å². The minimum absolute atomic E-state index is 0.107. The molecule has 0 unspecified atom stereocenters. The first-order valence-corrected chi connectivity index (χ1v) is 5.18. The number of nitrogens with zero attached hydrogens (tertiary/aromatic N) is 1. The minimum atomic E-state index is -3.66. The van der Waals surface area contributed by atoms with Crippen molar-refractivity contribution in [2.75, 3.05) is 0 Å². The number of hydrogen-bond donors (Lipinski definition) is 0. The van der Waals surface area contributed by atoms with Gasteiger partial charge in [0.2, 0.25) is 0 Å². The maximum atomic E-state index is 10.6. The number of aryl methyl sites for hydroxylation is 1. The fraction of sp³-hybridized carbons (Fsp3) is 0.167. The van der Waals surface area contributed by atoms with E-state index in [0.717, 1.165) is 5.56 Å². The molecule has 1 heterocycles. The molecule has 0 amide bonds. The highest BCUT2D eigenvalue weighted by molar-refractivity contribution is 8.13. The van der Waals surface area contributed by atoms with E-state index in [1.54, 1.807) is 6.07 Å². The maximum Gasteiger partial charge on any atom is 0.278 e. The summed E-state index contributed by atoms with van der Waals surface area (Å²) in [5, 5.41) is -0.107. The fourth-order valence-corrected chi connectivity index (χ4v) is 1.28. The number of hydrogen-bond acceptors (Lipinski definition) is 3. The molecule has 5 heteroatoms. The van der Waals surface area contributed by atoms with Crippen LogP contribution in [0.5, 0.6) is 0 Å². The molecule has 0 aromatic carbocycles. The van der Waals surface area contributed by atoms with E-state index in [1.165, 1.54) is 12.3 Å². The van der Waals surface area contributed by atoms with Crippen molar-refractivity contribution in [2.24, 2.45) is 0 Å². The first-order valence-electron chi connectivity index (χ1n) is 2.87. The van der Waals surface area contributed by atoms with Crippen molar-refractivity contribution >= 4 is 19.7 Å². The molecular weight excluding hydrogens is 186 g/mol. The SMILES string of the molecule is Cc1ccc(S(=O)(=O)Cl)nc1. The number of rotatable bonds is 1. The van der Waals surface area contributed by atoms with Crippen molar-refractivity contribution in [3.05, 3.63) is 23.9 Å².